The number of nitrogens with zero attached hydrogens (tertiary/aromatic N) is 2. The summed E-state index contributed by atoms with van der Waals surface area (Å²) >= 11 is 0. The van der Waals surface area contributed by atoms with Crippen LogP contribution >= 0.6 is 0 Å². The number of carbonyl (C=O) groups is 1. The maximum atomic E-state index is 12.5. The Bertz CT molecular complexity index is 376. The number of halogens is 3. The molecule has 2 aliphatic rings. The summed E-state index contributed by atoms with van der Waals surface area (Å²) in [5, 5.41) is 0. The average Bonchev–Trinajstić information content (AvgIpc) is 2.46. The predicted molar refractivity (Wildman–Crippen MR) is 70.4 cm³/mol. The Balaban J connectivity index is 0.00000220. The van der Waals surface area contributed by atoms with E-state index in [1.807, 2.05) is 0 Å². The molecule has 4 nitrogen and oxygen atoms in total. The van der Waals surface area contributed by atoms with E-state index in [4.69, 9.17) is 4.74 Å². The molecule has 2 saturated heterocycles. The second kappa shape index (κ2) is 7.09. The number of rotatable bonds is 2. The van der Waals surface area contributed by atoms with Crippen LogP contribution in [0.2, 0.25) is 0 Å². The second-order valence-electron chi connectivity index (χ2n) is 6.70. The van der Waals surface area contributed by atoms with Gasteiger partial charge >= 0.3 is 64.5 Å². The Kier molecular flexibility index (Phi) is 6.67. The van der Waals surface area contributed by atoms with Crippen molar-refractivity contribution >= 4 is 13.1 Å². The average molecular weight is 332 g/mol. The van der Waals surface area contributed by atoms with E-state index >= 15 is 0 Å². The molecule has 0 N–H and O–H groups in total. The summed E-state index contributed by atoms with van der Waals surface area (Å²) in [5.41, 5.74) is -0.581. The molecule has 0 radical (unpaired) electrons. The minimum absolute atomic E-state index is 0. The van der Waals surface area contributed by atoms with Crippen molar-refractivity contribution in [2.75, 3.05) is 19.5 Å². The molecule has 0 aliphatic carbocycles. The van der Waals surface area contributed by atoms with Crippen molar-refractivity contribution < 1.29 is 73.9 Å². The van der Waals surface area contributed by atoms with Gasteiger partial charge in [0.05, 0.1) is 0 Å². The van der Waals surface area contributed by atoms with Crippen LogP contribution in [0.1, 0.15) is 33.6 Å². The molecule has 2 heterocycles. The zero-order valence-electron chi connectivity index (χ0n) is 13.1. The van der Waals surface area contributed by atoms with Crippen molar-refractivity contribution in [3.05, 3.63) is 0 Å². The van der Waals surface area contributed by atoms with Gasteiger partial charge in [-0.15, -0.1) is 0 Å². The smallest absolute Gasteiger partial charge is 0.448 e. The summed E-state index contributed by atoms with van der Waals surface area (Å²) in [5.74, 6) is 0. The fourth-order valence-electron chi connectivity index (χ4n) is 3.04. The number of likely N-dealkylation sites (tertiary alicyclic amines) is 1. The standard InChI is InChI=1S/C12H21BF3N2O2.K/c1-12(2,3)20-11(19)18-9-4-5-10(18)7-17(6-9)8-13(14,15)16;/h9-10H,4-8H2,1-3H3;/q-1;+1/t9-,10+;. The fourth-order valence-corrected chi connectivity index (χ4v) is 3.04. The van der Waals surface area contributed by atoms with Crippen molar-refractivity contribution in [1.29, 1.82) is 0 Å². The van der Waals surface area contributed by atoms with Gasteiger partial charge in [0, 0.05) is 25.2 Å². The molecule has 9 heteroatoms. The second-order valence-corrected chi connectivity index (χ2v) is 6.70. The SMILES string of the molecule is CC(C)(C)OC(=O)N1[C@@H]2CC[C@H]1CN(C[B-](F)(F)F)C2.[K+]. The van der Waals surface area contributed by atoms with Crippen LogP contribution in [0, 0.1) is 0 Å². The van der Waals surface area contributed by atoms with E-state index in [9.17, 15) is 17.7 Å². The van der Waals surface area contributed by atoms with Crippen LogP contribution in [0.3, 0.4) is 0 Å². The molecule has 116 valence electrons. The van der Waals surface area contributed by atoms with Gasteiger partial charge in [-0.1, -0.05) is 0 Å². The monoisotopic (exact) mass is 332 g/mol. The van der Waals surface area contributed by atoms with Crippen LogP contribution in [0.15, 0.2) is 0 Å². The first-order chi connectivity index (χ1) is 9.05. The van der Waals surface area contributed by atoms with Crippen LogP contribution < -0.4 is 51.4 Å². The first-order valence-electron chi connectivity index (χ1n) is 7.00. The Hall–Kier alpha value is 0.721. The van der Waals surface area contributed by atoms with Gasteiger partial charge in [-0.3, -0.25) is 4.90 Å². The quantitative estimate of drug-likeness (QED) is 0.637. The molecule has 2 fully saturated rings. The molecule has 0 saturated carbocycles. The Morgan fingerprint density at radius 3 is 2.05 bits per heavy atom. The van der Waals surface area contributed by atoms with Gasteiger partial charge in [0.25, 0.3) is 0 Å². The van der Waals surface area contributed by atoms with Crippen LogP contribution in [-0.4, -0.2) is 60.1 Å². The molecule has 0 spiro atoms. The molecular formula is C12H21BF3KN2O2. The third-order valence-corrected chi connectivity index (χ3v) is 3.63. The first kappa shape index (κ1) is 19.8. The van der Waals surface area contributed by atoms with Gasteiger partial charge in [0.15, 0.2) is 0 Å². The third kappa shape index (κ3) is 5.69. The minimum Gasteiger partial charge on any atom is -0.448 e. The number of ether oxygens (including phenoxy) is 1. The largest absolute Gasteiger partial charge is 1.00 e. The van der Waals surface area contributed by atoms with Crippen molar-refractivity contribution in [3.8, 4) is 0 Å². The molecular weight excluding hydrogens is 311 g/mol. The summed E-state index contributed by atoms with van der Waals surface area (Å²) < 4.78 is 42.9. The van der Waals surface area contributed by atoms with Gasteiger partial charge in [0.2, 0.25) is 0 Å². The molecule has 0 unspecified atom stereocenters. The predicted octanol–water partition coefficient (Wildman–Crippen LogP) is -0.539. The molecule has 2 bridgehead atoms. The maximum absolute atomic E-state index is 12.5. The van der Waals surface area contributed by atoms with Crippen molar-refractivity contribution in [2.45, 2.75) is 51.3 Å². The van der Waals surface area contributed by atoms with E-state index in [1.54, 1.807) is 25.7 Å². The molecule has 1 amide bonds. The molecule has 0 aromatic rings. The van der Waals surface area contributed by atoms with Crippen molar-refractivity contribution in [2.24, 2.45) is 0 Å². The van der Waals surface area contributed by atoms with Gasteiger partial charge in [-0.25, -0.2) is 4.79 Å². The van der Waals surface area contributed by atoms with E-state index in [0.717, 1.165) is 12.8 Å². The first-order valence-corrected chi connectivity index (χ1v) is 7.00. The van der Waals surface area contributed by atoms with E-state index in [1.165, 1.54) is 4.90 Å². The van der Waals surface area contributed by atoms with Crippen molar-refractivity contribution in [1.82, 2.24) is 9.80 Å². The topological polar surface area (TPSA) is 32.8 Å². The Morgan fingerprint density at radius 1 is 1.19 bits per heavy atom. The molecule has 0 aromatic carbocycles. The number of amides is 1. The van der Waals surface area contributed by atoms with E-state index in [-0.39, 0.29) is 76.6 Å². The van der Waals surface area contributed by atoms with Crippen LogP contribution in [0.5, 0.6) is 0 Å². The molecule has 2 atom stereocenters. The Morgan fingerprint density at radius 2 is 1.67 bits per heavy atom. The van der Waals surface area contributed by atoms with E-state index < -0.39 is 25.1 Å². The van der Waals surface area contributed by atoms with Crippen molar-refractivity contribution in [3.63, 3.8) is 0 Å². The molecule has 0 aromatic heterocycles. The molecule has 2 aliphatic heterocycles. The molecule has 2 rings (SSSR count). The number of fused-ring (bicyclic) bond motifs is 2. The summed E-state index contributed by atoms with van der Waals surface area (Å²) in [6.07, 6.45) is 0.272. The summed E-state index contributed by atoms with van der Waals surface area (Å²) in [6, 6.07) is -0.302. The summed E-state index contributed by atoms with van der Waals surface area (Å²) in [7, 11) is 0. The summed E-state index contributed by atoms with van der Waals surface area (Å²) in [4.78, 5) is 15.2. The third-order valence-electron chi connectivity index (χ3n) is 3.63. The van der Waals surface area contributed by atoms with Gasteiger partial charge in [0.1, 0.15) is 5.60 Å². The van der Waals surface area contributed by atoms with Gasteiger partial charge in [-0.05, 0) is 40.1 Å². The maximum Gasteiger partial charge on any atom is 1.00 e. The Labute approximate surface area is 166 Å². The fraction of sp³-hybridized carbons (Fsp3) is 0.917. The zero-order chi connectivity index (χ0) is 15.1. The zero-order valence-corrected chi connectivity index (χ0v) is 16.2. The van der Waals surface area contributed by atoms with Gasteiger partial charge in [-0.2, -0.15) is 0 Å². The number of hydrogen-bond acceptors (Lipinski definition) is 3. The summed E-state index contributed by atoms with van der Waals surface area (Å²) in [6.45, 7) is 1.13. The van der Waals surface area contributed by atoms with Crippen LogP contribution in [0.4, 0.5) is 17.7 Å². The normalized spacial score (nSPS) is 26.5. The minimum atomic E-state index is -4.81. The van der Waals surface area contributed by atoms with Gasteiger partial charge < -0.3 is 22.6 Å². The van der Waals surface area contributed by atoms with Crippen LogP contribution in [-0.2, 0) is 4.74 Å². The van der Waals surface area contributed by atoms with E-state index in [0.29, 0.717) is 0 Å². The number of hydrogen-bond donors (Lipinski definition) is 0. The molecule has 21 heavy (non-hydrogen) atoms. The number of carbonyl (C=O) groups excluding carboxylic acids is 1. The number of piperazine rings is 1. The van der Waals surface area contributed by atoms with E-state index in [2.05, 4.69) is 0 Å². The van der Waals surface area contributed by atoms with Crippen LogP contribution in [0.25, 0.3) is 0 Å².